The van der Waals surface area contributed by atoms with E-state index in [9.17, 15) is 14.7 Å². The molecule has 0 saturated carbocycles. The molecule has 0 radical (unpaired) electrons. The molecular formula is C13H19N5O3. The van der Waals surface area contributed by atoms with E-state index < -0.39 is 5.69 Å². The fourth-order valence-electron chi connectivity index (χ4n) is 2.92. The predicted molar refractivity (Wildman–Crippen MR) is 78.6 cm³/mol. The third-order valence-corrected chi connectivity index (χ3v) is 4.19. The number of aromatic nitrogens is 4. The average Bonchev–Trinajstić information content (AvgIpc) is 2.96. The largest absolute Gasteiger partial charge is 0.394 e. The number of fused-ring (bicyclic) bond motifs is 1. The standard InChI is InChI=1S/C13H19N5O3/c1-16-10-9(11(20)17(2)13(16)21)14-12(15-10)18-6-4-3-5-8(18)7-19/h8,19H,3-7H2,1-2H3,(H,14,15)/t8-/m1/s1. The first-order chi connectivity index (χ1) is 10.0. The minimum absolute atomic E-state index is 0.000178. The number of anilines is 1. The van der Waals surface area contributed by atoms with Crippen LogP contribution in [0.3, 0.4) is 0 Å². The summed E-state index contributed by atoms with van der Waals surface area (Å²) in [7, 11) is 3.04. The van der Waals surface area contributed by atoms with E-state index in [-0.39, 0.29) is 18.2 Å². The lowest BCUT2D eigenvalue weighted by Crippen LogP contribution is -2.42. The molecule has 0 amide bonds. The van der Waals surface area contributed by atoms with Crippen molar-refractivity contribution in [3.05, 3.63) is 20.8 Å². The molecule has 1 atom stereocenters. The van der Waals surface area contributed by atoms with Gasteiger partial charge in [0.25, 0.3) is 5.56 Å². The van der Waals surface area contributed by atoms with E-state index in [1.807, 2.05) is 4.90 Å². The molecular weight excluding hydrogens is 274 g/mol. The van der Waals surface area contributed by atoms with Crippen LogP contribution in [0, 0.1) is 0 Å². The van der Waals surface area contributed by atoms with Crippen LogP contribution in [-0.4, -0.2) is 43.4 Å². The van der Waals surface area contributed by atoms with Gasteiger partial charge in [-0.3, -0.25) is 13.9 Å². The smallest absolute Gasteiger partial charge is 0.332 e. The SMILES string of the molecule is Cn1c(=O)c2[nH]c(N3CCCC[C@@H]3CO)nc2n(C)c1=O. The Hall–Kier alpha value is -2.09. The Morgan fingerprint density at radius 2 is 2.05 bits per heavy atom. The summed E-state index contributed by atoms with van der Waals surface area (Å²) in [5.41, 5.74) is -0.121. The molecule has 0 bridgehead atoms. The van der Waals surface area contributed by atoms with E-state index in [1.165, 1.54) is 11.6 Å². The Morgan fingerprint density at radius 3 is 2.76 bits per heavy atom. The van der Waals surface area contributed by atoms with Gasteiger partial charge in [0.1, 0.15) is 0 Å². The lowest BCUT2D eigenvalue weighted by atomic mass is 10.0. The highest BCUT2D eigenvalue weighted by Gasteiger charge is 2.25. The fourth-order valence-corrected chi connectivity index (χ4v) is 2.92. The summed E-state index contributed by atoms with van der Waals surface area (Å²) in [5.74, 6) is 0.544. The second-order valence-corrected chi connectivity index (χ2v) is 5.49. The van der Waals surface area contributed by atoms with Crippen molar-refractivity contribution in [3.8, 4) is 0 Å². The quantitative estimate of drug-likeness (QED) is 0.764. The Labute approximate surface area is 120 Å². The van der Waals surface area contributed by atoms with E-state index in [0.717, 1.165) is 30.4 Å². The lowest BCUT2D eigenvalue weighted by molar-refractivity contribution is 0.239. The van der Waals surface area contributed by atoms with Crippen molar-refractivity contribution < 1.29 is 5.11 Å². The molecule has 8 nitrogen and oxygen atoms in total. The van der Waals surface area contributed by atoms with Gasteiger partial charge in [-0.1, -0.05) is 0 Å². The van der Waals surface area contributed by atoms with E-state index in [0.29, 0.717) is 17.1 Å². The van der Waals surface area contributed by atoms with Gasteiger partial charge in [0, 0.05) is 20.6 Å². The summed E-state index contributed by atoms with van der Waals surface area (Å²) in [6.07, 6.45) is 2.98. The molecule has 3 rings (SSSR count). The molecule has 1 aliphatic heterocycles. The molecule has 1 saturated heterocycles. The molecule has 21 heavy (non-hydrogen) atoms. The highest BCUT2D eigenvalue weighted by molar-refractivity contribution is 5.73. The Kier molecular flexibility index (Phi) is 3.32. The maximum absolute atomic E-state index is 12.2. The van der Waals surface area contributed by atoms with Crippen LogP contribution in [0.1, 0.15) is 19.3 Å². The van der Waals surface area contributed by atoms with Crippen molar-refractivity contribution in [2.45, 2.75) is 25.3 Å². The van der Waals surface area contributed by atoms with Crippen LogP contribution in [0.2, 0.25) is 0 Å². The number of hydrogen-bond acceptors (Lipinski definition) is 5. The minimum Gasteiger partial charge on any atom is -0.394 e. The van der Waals surface area contributed by atoms with Crippen LogP contribution in [0.15, 0.2) is 9.59 Å². The zero-order chi connectivity index (χ0) is 15.1. The van der Waals surface area contributed by atoms with E-state index in [4.69, 9.17) is 0 Å². The van der Waals surface area contributed by atoms with Gasteiger partial charge >= 0.3 is 5.69 Å². The van der Waals surface area contributed by atoms with Crippen molar-refractivity contribution in [3.63, 3.8) is 0 Å². The van der Waals surface area contributed by atoms with Gasteiger partial charge in [0.2, 0.25) is 5.95 Å². The van der Waals surface area contributed by atoms with Crippen LogP contribution in [0.4, 0.5) is 5.95 Å². The lowest BCUT2D eigenvalue weighted by Gasteiger charge is -2.34. The molecule has 0 spiro atoms. The van der Waals surface area contributed by atoms with Crippen LogP contribution in [0.25, 0.3) is 11.2 Å². The maximum atomic E-state index is 12.2. The van der Waals surface area contributed by atoms with Crippen molar-refractivity contribution in [1.82, 2.24) is 19.1 Å². The van der Waals surface area contributed by atoms with E-state index in [2.05, 4.69) is 9.97 Å². The number of nitrogens with one attached hydrogen (secondary N) is 1. The number of aliphatic hydroxyl groups excluding tert-OH is 1. The molecule has 1 fully saturated rings. The number of aliphatic hydroxyl groups is 1. The van der Waals surface area contributed by atoms with E-state index in [1.54, 1.807) is 7.05 Å². The molecule has 114 valence electrons. The van der Waals surface area contributed by atoms with Crippen LogP contribution < -0.4 is 16.1 Å². The zero-order valence-corrected chi connectivity index (χ0v) is 12.2. The first-order valence-corrected chi connectivity index (χ1v) is 7.08. The van der Waals surface area contributed by atoms with Crippen molar-refractivity contribution in [2.24, 2.45) is 14.1 Å². The summed E-state index contributed by atoms with van der Waals surface area (Å²) in [6.45, 7) is 0.827. The third-order valence-electron chi connectivity index (χ3n) is 4.19. The van der Waals surface area contributed by atoms with Gasteiger partial charge < -0.3 is 15.0 Å². The number of imidazole rings is 1. The Balaban J connectivity index is 2.17. The molecule has 0 aliphatic carbocycles. The Morgan fingerprint density at radius 1 is 1.29 bits per heavy atom. The predicted octanol–water partition coefficient (Wildman–Crippen LogP) is -0.689. The van der Waals surface area contributed by atoms with Gasteiger partial charge in [-0.2, -0.15) is 4.98 Å². The van der Waals surface area contributed by atoms with Crippen molar-refractivity contribution in [2.75, 3.05) is 18.1 Å². The van der Waals surface area contributed by atoms with E-state index >= 15 is 0 Å². The number of aryl methyl sites for hydroxylation is 1. The molecule has 3 heterocycles. The van der Waals surface area contributed by atoms with Crippen molar-refractivity contribution >= 4 is 17.1 Å². The summed E-state index contributed by atoms with van der Waals surface area (Å²) in [6, 6.07) is 0.000178. The summed E-state index contributed by atoms with van der Waals surface area (Å²) in [4.78, 5) is 33.5. The van der Waals surface area contributed by atoms with Gasteiger partial charge in [0.15, 0.2) is 11.2 Å². The highest BCUT2D eigenvalue weighted by atomic mass is 16.3. The van der Waals surface area contributed by atoms with Crippen LogP contribution in [-0.2, 0) is 14.1 Å². The molecule has 2 aromatic heterocycles. The molecule has 1 aliphatic rings. The zero-order valence-electron chi connectivity index (χ0n) is 12.2. The summed E-state index contributed by atoms with van der Waals surface area (Å²) >= 11 is 0. The molecule has 2 aromatic rings. The topological polar surface area (TPSA) is 96.2 Å². The Bertz CT molecular complexity index is 787. The first kappa shape index (κ1) is 13.9. The number of aromatic amines is 1. The normalized spacial score (nSPS) is 19.4. The molecule has 2 N–H and O–H groups in total. The number of rotatable bonds is 2. The fraction of sp³-hybridized carbons (Fsp3) is 0.615. The number of nitrogens with zero attached hydrogens (tertiary/aromatic N) is 4. The van der Waals surface area contributed by atoms with Crippen LogP contribution >= 0.6 is 0 Å². The van der Waals surface area contributed by atoms with Gasteiger partial charge in [-0.15, -0.1) is 0 Å². The van der Waals surface area contributed by atoms with Gasteiger partial charge in [0.05, 0.1) is 12.6 Å². The van der Waals surface area contributed by atoms with Gasteiger partial charge in [-0.25, -0.2) is 4.79 Å². The number of piperidine rings is 1. The highest BCUT2D eigenvalue weighted by Crippen LogP contribution is 2.23. The minimum atomic E-state index is -0.400. The number of hydrogen-bond donors (Lipinski definition) is 2. The molecule has 8 heteroatoms. The molecule has 0 aromatic carbocycles. The third kappa shape index (κ3) is 2.06. The summed E-state index contributed by atoms with van der Waals surface area (Å²) < 4.78 is 2.42. The second-order valence-electron chi connectivity index (χ2n) is 5.49. The monoisotopic (exact) mass is 293 g/mol. The maximum Gasteiger partial charge on any atom is 0.332 e. The summed E-state index contributed by atoms with van der Waals surface area (Å²) in [5, 5.41) is 9.49. The molecule has 0 unspecified atom stereocenters. The van der Waals surface area contributed by atoms with Gasteiger partial charge in [-0.05, 0) is 19.3 Å². The first-order valence-electron chi connectivity index (χ1n) is 7.08. The van der Waals surface area contributed by atoms with Crippen molar-refractivity contribution in [1.29, 1.82) is 0 Å². The number of H-pyrrole nitrogens is 1. The van der Waals surface area contributed by atoms with Crippen LogP contribution in [0.5, 0.6) is 0 Å². The second kappa shape index (κ2) is 5.03. The average molecular weight is 293 g/mol.